The maximum Gasteiger partial charge on any atom is 0.169 e. The summed E-state index contributed by atoms with van der Waals surface area (Å²) in [6.45, 7) is 5.69. The van der Waals surface area contributed by atoms with Gasteiger partial charge in [-0.15, -0.1) is 0 Å². The van der Waals surface area contributed by atoms with Crippen LogP contribution in [0.25, 0.3) is 11.0 Å². The highest BCUT2D eigenvalue weighted by Crippen LogP contribution is 2.26. The predicted molar refractivity (Wildman–Crippen MR) is 101 cm³/mol. The number of morpholine rings is 1. The molecule has 25 heavy (non-hydrogen) atoms. The summed E-state index contributed by atoms with van der Waals surface area (Å²) in [5, 5.41) is 1.07. The van der Waals surface area contributed by atoms with Crippen LogP contribution in [0.1, 0.15) is 5.69 Å². The number of fused-ring (bicyclic) bond motifs is 1. The fourth-order valence-electron chi connectivity index (χ4n) is 3.07. The molecule has 0 aliphatic carbocycles. The quantitative estimate of drug-likeness (QED) is 0.637. The van der Waals surface area contributed by atoms with Crippen molar-refractivity contribution in [3.05, 3.63) is 54.4 Å². The van der Waals surface area contributed by atoms with Crippen LogP contribution in [0.5, 0.6) is 0 Å². The Kier molecular flexibility index (Phi) is 5.30. The predicted octanol–water partition coefficient (Wildman–Crippen LogP) is 3.06. The molecule has 0 amide bonds. The number of benzene rings is 1. The first kappa shape index (κ1) is 16.6. The van der Waals surface area contributed by atoms with Crippen LogP contribution in [-0.4, -0.2) is 52.3 Å². The van der Waals surface area contributed by atoms with E-state index in [1.165, 1.54) is 5.52 Å². The molecule has 0 bridgehead atoms. The summed E-state index contributed by atoms with van der Waals surface area (Å²) >= 11 is 1.76. The van der Waals surface area contributed by atoms with Crippen molar-refractivity contribution >= 4 is 22.8 Å². The molecule has 130 valence electrons. The van der Waals surface area contributed by atoms with Crippen molar-refractivity contribution in [3.8, 4) is 0 Å². The van der Waals surface area contributed by atoms with E-state index in [0.29, 0.717) is 0 Å². The minimum absolute atomic E-state index is 0.835. The topological polar surface area (TPSA) is 43.2 Å². The molecular formula is C19H22N4OS. The summed E-state index contributed by atoms with van der Waals surface area (Å²) in [6, 6.07) is 14.4. The number of aromatic nitrogens is 3. The van der Waals surface area contributed by atoms with Crippen LogP contribution in [0.2, 0.25) is 0 Å². The SMILES string of the molecule is c1ccc(CSc2nc3ccccc3n2CCN2CCOCC2)nc1. The van der Waals surface area contributed by atoms with Crippen molar-refractivity contribution in [1.82, 2.24) is 19.4 Å². The van der Waals surface area contributed by atoms with Gasteiger partial charge < -0.3 is 9.30 Å². The van der Waals surface area contributed by atoms with Crippen molar-refractivity contribution in [1.29, 1.82) is 0 Å². The smallest absolute Gasteiger partial charge is 0.169 e. The Morgan fingerprint density at radius 3 is 2.68 bits per heavy atom. The molecule has 2 aromatic heterocycles. The van der Waals surface area contributed by atoms with Crippen LogP contribution in [0.3, 0.4) is 0 Å². The molecule has 0 radical (unpaired) electrons. The molecule has 1 aliphatic rings. The van der Waals surface area contributed by atoms with Gasteiger partial charge in [0.25, 0.3) is 0 Å². The molecule has 1 saturated heterocycles. The van der Waals surface area contributed by atoms with Gasteiger partial charge in [-0.1, -0.05) is 30.0 Å². The Balaban J connectivity index is 1.52. The van der Waals surface area contributed by atoms with Crippen LogP contribution in [0.15, 0.2) is 53.8 Å². The lowest BCUT2D eigenvalue weighted by Gasteiger charge is -2.26. The molecule has 1 aromatic carbocycles. The van der Waals surface area contributed by atoms with Crippen molar-refractivity contribution in [2.75, 3.05) is 32.8 Å². The van der Waals surface area contributed by atoms with Crippen molar-refractivity contribution < 1.29 is 4.74 Å². The van der Waals surface area contributed by atoms with E-state index in [1.54, 1.807) is 11.8 Å². The minimum atomic E-state index is 0.835. The Morgan fingerprint density at radius 1 is 1.00 bits per heavy atom. The molecule has 4 rings (SSSR count). The van der Waals surface area contributed by atoms with E-state index in [1.807, 2.05) is 18.3 Å². The van der Waals surface area contributed by atoms with Gasteiger partial charge in [0.1, 0.15) is 0 Å². The van der Waals surface area contributed by atoms with Gasteiger partial charge in [0, 0.05) is 38.1 Å². The first-order valence-corrected chi connectivity index (χ1v) is 9.67. The summed E-state index contributed by atoms with van der Waals surface area (Å²) in [5.74, 6) is 0.835. The van der Waals surface area contributed by atoms with Crippen LogP contribution in [0, 0.1) is 0 Å². The Hall–Kier alpha value is -1.89. The minimum Gasteiger partial charge on any atom is -0.379 e. The molecule has 0 N–H and O–H groups in total. The number of hydrogen-bond acceptors (Lipinski definition) is 5. The van der Waals surface area contributed by atoms with Crippen LogP contribution >= 0.6 is 11.8 Å². The summed E-state index contributed by atoms with van der Waals surface area (Å²) in [6.07, 6.45) is 1.84. The molecule has 6 heteroatoms. The molecule has 3 aromatic rings. The Morgan fingerprint density at radius 2 is 1.84 bits per heavy atom. The zero-order valence-corrected chi connectivity index (χ0v) is 15.0. The third-order valence-corrected chi connectivity index (χ3v) is 5.45. The standard InChI is InChI=1S/C19H22N4OS/c1-2-7-18-17(6-1)21-19(25-15-16-5-3-4-8-20-16)23(18)10-9-22-11-13-24-14-12-22/h1-8H,9-15H2. The monoisotopic (exact) mass is 354 g/mol. The number of pyridine rings is 1. The fraction of sp³-hybridized carbons (Fsp3) is 0.368. The van der Waals surface area contributed by atoms with Gasteiger partial charge in [0.2, 0.25) is 0 Å². The average molecular weight is 354 g/mol. The fourth-order valence-corrected chi connectivity index (χ4v) is 4.02. The summed E-state index contributed by atoms with van der Waals surface area (Å²) in [5.41, 5.74) is 3.35. The van der Waals surface area contributed by atoms with E-state index in [9.17, 15) is 0 Å². The maximum atomic E-state index is 5.45. The number of nitrogens with zero attached hydrogens (tertiary/aromatic N) is 4. The normalized spacial score (nSPS) is 15.7. The molecular weight excluding hydrogens is 332 g/mol. The highest BCUT2D eigenvalue weighted by molar-refractivity contribution is 7.98. The summed E-state index contributed by atoms with van der Waals surface area (Å²) in [7, 11) is 0. The van der Waals surface area contributed by atoms with E-state index in [4.69, 9.17) is 9.72 Å². The lowest BCUT2D eigenvalue weighted by molar-refractivity contribution is 0.0362. The van der Waals surface area contributed by atoms with Crippen LogP contribution in [0.4, 0.5) is 0 Å². The van der Waals surface area contributed by atoms with Gasteiger partial charge in [-0.3, -0.25) is 9.88 Å². The average Bonchev–Trinajstić information content (AvgIpc) is 3.04. The van der Waals surface area contributed by atoms with Gasteiger partial charge in [-0.05, 0) is 24.3 Å². The number of ether oxygens (including phenoxy) is 1. The van der Waals surface area contributed by atoms with Crippen LogP contribution in [-0.2, 0) is 17.0 Å². The highest BCUT2D eigenvalue weighted by Gasteiger charge is 2.14. The van der Waals surface area contributed by atoms with Crippen LogP contribution < -0.4 is 0 Å². The molecule has 0 unspecified atom stereocenters. The molecule has 1 fully saturated rings. The van der Waals surface area contributed by atoms with E-state index in [2.05, 4.69) is 44.8 Å². The summed E-state index contributed by atoms with van der Waals surface area (Å²) < 4.78 is 7.79. The molecule has 0 spiro atoms. The first-order chi connectivity index (χ1) is 12.4. The van der Waals surface area contributed by atoms with Gasteiger partial charge in [0.05, 0.1) is 29.9 Å². The van der Waals surface area contributed by atoms with Crippen molar-refractivity contribution in [3.63, 3.8) is 0 Å². The largest absolute Gasteiger partial charge is 0.379 e. The zero-order valence-electron chi connectivity index (χ0n) is 14.2. The number of imidazole rings is 1. The molecule has 0 saturated carbocycles. The second kappa shape index (κ2) is 7.99. The highest BCUT2D eigenvalue weighted by atomic mass is 32.2. The van der Waals surface area contributed by atoms with E-state index < -0.39 is 0 Å². The van der Waals surface area contributed by atoms with E-state index in [0.717, 1.165) is 61.5 Å². The third kappa shape index (κ3) is 4.03. The number of hydrogen-bond donors (Lipinski definition) is 0. The molecule has 1 aliphatic heterocycles. The number of thioether (sulfide) groups is 1. The Labute approximate surface area is 152 Å². The van der Waals surface area contributed by atoms with E-state index in [-0.39, 0.29) is 0 Å². The van der Waals surface area contributed by atoms with Gasteiger partial charge in [-0.2, -0.15) is 0 Å². The van der Waals surface area contributed by atoms with Gasteiger partial charge in [0.15, 0.2) is 5.16 Å². The van der Waals surface area contributed by atoms with E-state index >= 15 is 0 Å². The second-order valence-corrected chi connectivity index (χ2v) is 7.04. The lowest BCUT2D eigenvalue weighted by Crippen LogP contribution is -2.38. The molecule has 3 heterocycles. The summed E-state index contributed by atoms with van der Waals surface area (Å²) in [4.78, 5) is 11.7. The van der Waals surface area contributed by atoms with Crippen molar-refractivity contribution in [2.24, 2.45) is 0 Å². The lowest BCUT2D eigenvalue weighted by atomic mass is 10.3. The first-order valence-electron chi connectivity index (χ1n) is 8.68. The van der Waals surface area contributed by atoms with Gasteiger partial charge in [-0.25, -0.2) is 4.98 Å². The zero-order chi connectivity index (χ0) is 16.9. The van der Waals surface area contributed by atoms with Crippen molar-refractivity contribution in [2.45, 2.75) is 17.5 Å². The number of para-hydroxylation sites is 2. The maximum absolute atomic E-state index is 5.45. The second-order valence-electron chi connectivity index (χ2n) is 6.10. The third-order valence-electron chi connectivity index (χ3n) is 4.44. The Bertz CT molecular complexity index is 815. The van der Waals surface area contributed by atoms with Gasteiger partial charge >= 0.3 is 0 Å². The molecule has 0 atom stereocenters. The number of rotatable bonds is 6. The molecule has 5 nitrogen and oxygen atoms in total.